The smallest absolute Gasteiger partial charge is 0.146 e. The van der Waals surface area contributed by atoms with Crippen LogP contribution in [0.5, 0.6) is 0 Å². The number of imidazole rings is 1. The number of aromatic nitrogens is 2. The summed E-state index contributed by atoms with van der Waals surface area (Å²) in [4.78, 5) is 4.51. The van der Waals surface area contributed by atoms with Crippen molar-refractivity contribution in [2.24, 2.45) is 7.05 Å². The molecule has 0 bridgehead atoms. The molecule has 0 saturated carbocycles. The number of hydrogen-bond acceptors (Lipinski definition) is 2. The molecule has 6 rings (SSSR count). The Bertz CT molecular complexity index is 1490. The zero-order valence-corrected chi connectivity index (χ0v) is 14.8. The minimum Gasteiger partial charge on any atom is -0.455 e. The van der Waals surface area contributed by atoms with Gasteiger partial charge in [-0.2, -0.15) is 0 Å². The molecule has 0 spiro atoms. The molecule has 128 valence electrons. The van der Waals surface area contributed by atoms with E-state index in [1.807, 2.05) is 24.0 Å². The van der Waals surface area contributed by atoms with Crippen LogP contribution in [0.25, 0.3) is 54.9 Å². The second-order valence-electron chi connectivity index (χ2n) is 6.97. The highest BCUT2D eigenvalue weighted by molar-refractivity contribution is 6.24. The molecule has 0 fully saturated rings. The van der Waals surface area contributed by atoms with E-state index in [2.05, 4.69) is 71.7 Å². The van der Waals surface area contributed by atoms with Crippen molar-refractivity contribution in [2.75, 3.05) is 0 Å². The summed E-state index contributed by atoms with van der Waals surface area (Å²) >= 11 is 0. The Morgan fingerprint density at radius 2 is 1.63 bits per heavy atom. The summed E-state index contributed by atoms with van der Waals surface area (Å²) in [6.07, 6.45) is 3.77. The van der Waals surface area contributed by atoms with Crippen molar-refractivity contribution in [1.29, 1.82) is 0 Å². The van der Waals surface area contributed by atoms with E-state index in [9.17, 15) is 0 Å². The van der Waals surface area contributed by atoms with Gasteiger partial charge in [0.1, 0.15) is 17.0 Å². The fraction of sp³-hybridized carbons (Fsp3) is 0.0417. The first kappa shape index (κ1) is 14.6. The predicted octanol–water partition coefficient (Wildman–Crippen LogP) is 6.29. The lowest BCUT2D eigenvalue weighted by Crippen LogP contribution is -1.91. The van der Waals surface area contributed by atoms with E-state index in [-0.39, 0.29) is 0 Å². The normalized spacial score (nSPS) is 11.9. The third-order valence-electron chi connectivity index (χ3n) is 5.45. The Morgan fingerprint density at radius 3 is 2.52 bits per heavy atom. The van der Waals surface area contributed by atoms with Gasteiger partial charge in [-0.1, -0.05) is 54.6 Å². The minimum absolute atomic E-state index is 0.891. The minimum atomic E-state index is 0.891. The molecule has 3 heteroatoms. The van der Waals surface area contributed by atoms with Crippen LogP contribution in [0, 0.1) is 0 Å². The highest BCUT2D eigenvalue weighted by atomic mass is 16.3. The monoisotopic (exact) mass is 348 g/mol. The van der Waals surface area contributed by atoms with Gasteiger partial charge in [-0.15, -0.1) is 0 Å². The van der Waals surface area contributed by atoms with Crippen molar-refractivity contribution in [1.82, 2.24) is 9.55 Å². The fourth-order valence-electron chi connectivity index (χ4n) is 4.19. The van der Waals surface area contributed by atoms with Gasteiger partial charge in [-0.3, -0.25) is 0 Å². The van der Waals surface area contributed by atoms with Crippen LogP contribution in [0.4, 0.5) is 0 Å². The molecule has 0 aliphatic rings. The summed E-state index contributed by atoms with van der Waals surface area (Å²) < 4.78 is 8.35. The van der Waals surface area contributed by atoms with Crippen LogP contribution in [0.15, 0.2) is 83.5 Å². The van der Waals surface area contributed by atoms with E-state index < -0.39 is 0 Å². The molecular formula is C24H16N2O. The van der Waals surface area contributed by atoms with Crippen molar-refractivity contribution in [3.63, 3.8) is 0 Å². The van der Waals surface area contributed by atoms with Crippen LogP contribution in [-0.2, 0) is 7.05 Å². The molecule has 27 heavy (non-hydrogen) atoms. The predicted molar refractivity (Wildman–Crippen MR) is 111 cm³/mol. The van der Waals surface area contributed by atoms with Crippen molar-refractivity contribution >= 4 is 43.5 Å². The first-order chi connectivity index (χ1) is 13.3. The lowest BCUT2D eigenvalue weighted by molar-refractivity contribution is 0.669. The molecule has 0 N–H and O–H groups in total. The van der Waals surface area contributed by atoms with E-state index in [1.165, 1.54) is 26.9 Å². The number of rotatable bonds is 1. The molecule has 6 aromatic rings. The summed E-state index contributed by atoms with van der Waals surface area (Å²) in [5, 5.41) is 7.31. The Kier molecular flexibility index (Phi) is 2.81. The van der Waals surface area contributed by atoms with Gasteiger partial charge in [0, 0.05) is 30.2 Å². The maximum Gasteiger partial charge on any atom is 0.146 e. The Morgan fingerprint density at radius 1 is 0.778 bits per heavy atom. The van der Waals surface area contributed by atoms with Crippen LogP contribution >= 0.6 is 0 Å². The van der Waals surface area contributed by atoms with Crippen molar-refractivity contribution in [3.8, 4) is 11.4 Å². The van der Waals surface area contributed by atoms with E-state index in [0.29, 0.717) is 0 Å². The maximum atomic E-state index is 6.33. The first-order valence-electron chi connectivity index (χ1n) is 9.05. The maximum absolute atomic E-state index is 6.33. The van der Waals surface area contributed by atoms with Crippen LogP contribution < -0.4 is 0 Å². The van der Waals surface area contributed by atoms with E-state index in [1.54, 1.807) is 0 Å². The number of hydrogen-bond donors (Lipinski definition) is 0. The van der Waals surface area contributed by atoms with Gasteiger partial charge < -0.3 is 8.98 Å². The average molecular weight is 348 g/mol. The van der Waals surface area contributed by atoms with Gasteiger partial charge in [0.2, 0.25) is 0 Å². The second-order valence-corrected chi connectivity index (χ2v) is 6.97. The molecule has 0 unspecified atom stereocenters. The number of aryl methyl sites for hydroxylation is 1. The van der Waals surface area contributed by atoms with Gasteiger partial charge in [0.25, 0.3) is 0 Å². The molecule has 2 heterocycles. The van der Waals surface area contributed by atoms with Crippen LogP contribution in [0.1, 0.15) is 0 Å². The number of benzene rings is 4. The third kappa shape index (κ3) is 1.94. The van der Waals surface area contributed by atoms with E-state index in [0.717, 1.165) is 27.9 Å². The van der Waals surface area contributed by atoms with Gasteiger partial charge in [-0.05, 0) is 33.7 Å². The van der Waals surface area contributed by atoms with Crippen LogP contribution in [-0.4, -0.2) is 9.55 Å². The molecule has 3 nitrogen and oxygen atoms in total. The highest BCUT2D eigenvalue weighted by Crippen LogP contribution is 2.40. The Labute approximate surface area is 155 Å². The molecule has 0 aliphatic carbocycles. The van der Waals surface area contributed by atoms with Gasteiger partial charge in [0.15, 0.2) is 0 Å². The fourth-order valence-corrected chi connectivity index (χ4v) is 4.19. The highest BCUT2D eigenvalue weighted by Gasteiger charge is 2.16. The van der Waals surface area contributed by atoms with Crippen LogP contribution in [0.2, 0.25) is 0 Å². The van der Waals surface area contributed by atoms with Gasteiger partial charge in [0.05, 0.1) is 5.56 Å². The lowest BCUT2D eigenvalue weighted by atomic mass is 9.98. The second kappa shape index (κ2) is 5.21. The molecule has 0 aliphatic heterocycles. The summed E-state index contributed by atoms with van der Waals surface area (Å²) in [5.74, 6) is 0.911. The Balaban J connectivity index is 1.80. The molecule has 0 amide bonds. The quantitative estimate of drug-likeness (QED) is 0.327. The van der Waals surface area contributed by atoms with Gasteiger partial charge >= 0.3 is 0 Å². The van der Waals surface area contributed by atoms with E-state index >= 15 is 0 Å². The standard InChI is InChI=1S/C24H16N2O/c1-26-14-13-25-24(26)20-8-4-7-19-22-18-10-9-15-5-2-3-6-16(15)17(18)11-12-21(22)27-23(19)20/h2-14H,1H3. The van der Waals surface area contributed by atoms with Crippen molar-refractivity contribution in [2.45, 2.75) is 0 Å². The van der Waals surface area contributed by atoms with Crippen LogP contribution in [0.3, 0.4) is 0 Å². The van der Waals surface area contributed by atoms with Gasteiger partial charge in [-0.25, -0.2) is 4.98 Å². The molecule has 0 atom stereocenters. The summed E-state index contributed by atoms with van der Waals surface area (Å²) in [7, 11) is 2.01. The molecule has 0 radical (unpaired) electrons. The summed E-state index contributed by atoms with van der Waals surface area (Å²) in [5.41, 5.74) is 2.82. The van der Waals surface area contributed by atoms with E-state index in [4.69, 9.17) is 4.42 Å². The molecule has 2 aromatic heterocycles. The molecule has 4 aromatic carbocycles. The zero-order chi connectivity index (χ0) is 18.0. The van der Waals surface area contributed by atoms with Crippen molar-refractivity contribution < 1.29 is 4.42 Å². The first-order valence-corrected chi connectivity index (χ1v) is 9.05. The third-order valence-corrected chi connectivity index (χ3v) is 5.45. The number of para-hydroxylation sites is 1. The molecular weight excluding hydrogens is 332 g/mol. The topological polar surface area (TPSA) is 31.0 Å². The summed E-state index contributed by atoms with van der Waals surface area (Å²) in [6, 6.07) is 23.5. The molecule has 0 saturated heterocycles. The number of nitrogens with zero attached hydrogens (tertiary/aromatic N) is 2. The number of fused-ring (bicyclic) bond motifs is 7. The SMILES string of the molecule is Cn1ccnc1-c1cccc2c1oc1ccc3c4ccccc4ccc3c12. The largest absolute Gasteiger partial charge is 0.455 e. The number of furan rings is 1. The van der Waals surface area contributed by atoms with Crippen molar-refractivity contribution in [3.05, 3.63) is 79.1 Å². The summed E-state index contributed by atoms with van der Waals surface area (Å²) in [6.45, 7) is 0. The Hall–Kier alpha value is -3.59. The lowest BCUT2D eigenvalue weighted by Gasteiger charge is -2.05. The average Bonchev–Trinajstić information content (AvgIpc) is 3.30. The zero-order valence-electron chi connectivity index (χ0n) is 14.8.